The maximum absolute atomic E-state index is 11.6. The minimum atomic E-state index is -4.15. The Labute approximate surface area is 110 Å². The van der Waals surface area contributed by atoms with Crippen molar-refractivity contribution in [3.63, 3.8) is 0 Å². The molecule has 9 heteroatoms. The van der Waals surface area contributed by atoms with Crippen molar-refractivity contribution in [2.75, 3.05) is 10.5 Å². The summed E-state index contributed by atoms with van der Waals surface area (Å²) >= 11 is 0. The van der Waals surface area contributed by atoms with Gasteiger partial charge < -0.3 is 15.6 Å². The summed E-state index contributed by atoms with van der Waals surface area (Å²) in [5, 5.41) is 9.13. The van der Waals surface area contributed by atoms with Crippen LogP contribution in [-0.2, 0) is 14.9 Å². The Balaban J connectivity index is 2.77. The van der Waals surface area contributed by atoms with Crippen molar-refractivity contribution >= 4 is 27.7 Å². The first-order valence-corrected chi connectivity index (χ1v) is 6.77. The van der Waals surface area contributed by atoms with Gasteiger partial charge >= 0.3 is 16.3 Å². The number of hydrogen-bond acceptors (Lipinski definition) is 6. The number of rotatable bonds is 4. The molecule has 0 aliphatic rings. The molecule has 1 amide bonds. The summed E-state index contributed by atoms with van der Waals surface area (Å²) in [5.74, 6) is -0.104. The van der Waals surface area contributed by atoms with Crippen LogP contribution in [0.4, 0.5) is 16.2 Å². The number of anilines is 2. The minimum Gasteiger partial charge on any atom is -0.508 e. The van der Waals surface area contributed by atoms with Crippen molar-refractivity contribution < 1.29 is 23.1 Å². The van der Waals surface area contributed by atoms with Crippen molar-refractivity contribution in [3.05, 3.63) is 18.2 Å². The van der Waals surface area contributed by atoms with E-state index in [4.69, 9.17) is 10.8 Å². The Kier molecular flexibility index (Phi) is 4.43. The predicted molar refractivity (Wildman–Crippen MR) is 69.8 cm³/mol. The fourth-order valence-electron chi connectivity index (χ4n) is 1.16. The van der Waals surface area contributed by atoms with Crippen LogP contribution in [-0.4, -0.2) is 25.7 Å². The summed E-state index contributed by atoms with van der Waals surface area (Å²) in [6.45, 7) is 3.16. The first-order valence-electron chi connectivity index (χ1n) is 5.29. The van der Waals surface area contributed by atoms with Gasteiger partial charge in [-0.05, 0) is 26.0 Å². The van der Waals surface area contributed by atoms with Crippen molar-refractivity contribution in [1.29, 1.82) is 0 Å². The van der Waals surface area contributed by atoms with E-state index in [1.807, 2.05) is 4.72 Å². The van der Waals surface area contributed by atoms with E-state index < -0.39 is 22.4 Å². The van der Waals surface area contributed by atoms with Gasteiger partial charge in [0.15, 0.2) is 0 Å². The van der Waals surface area contributed by atoms with Gasteiger partial charge in [-0.2, -0.15) is 8.42 Å². The monoisotopic (exact) mass is 289 g/mol. The van der Waals surface area contributed by atoms with Crippen LogP contribution in [0.5, 0.6) is 5.75 Å². The Hall–Kier alpha value is -2.16. The molecule has 0 radical (unpaired) electrons. The summed E-state index contributed by atoms with van der Waals surface area (Å²) in [4.78, 5) is 11.2. The predicted octanol–water partition coefficient (Wildman–Crippen LogP) is 0.766. The molecule has 0 atom stereocenters. The minimum absolute atomic E-state index is 0.0163. The maximum atomic E-state index is 11.6. The van der Waals surface area contributed by atoms with E-state index in [-0.39, 0.29) is 17.1 Å². The molecular weight excluding hydrogens is 274 g/mol. The third-order valence-corrected chi connectivity index (χ3v) is 2.76. The number of nitrogens with two attached hydrogens (primary N) is 1. The van der Waals surface area contributed by atoms with Crippen molar-refractivity contribution in [2.45, 2.75) is 20.0 Å². The summed E-state index contributed by atoms with van der Waals surface area (Å²) < 4.78 is 31.5. The fourth-order valence-corrected chi connectivity index (χ4v) is 1.96. The van der Waals surface area contributed by atoms with E-state index in [1.165, 1.54) is 18.2 Å². The molecule has 1 aromatic rings. The van der Waals surface area contributed by atoms with Crippen molar-refractivity contribution in [2.24, 2.45) is 0 Å². The SMILES string of the molecule is CC(C)OC(=O)NS(=O)(=O)Nc1ccc(O)cc1N. The number of amides is 1. The zero-order valence-electron chi connectivity index (χ0n) is 10.4. The number of ether oxygens (including phenoxy) is 1. The molecule has 0 saturated carbocycles. The molecule has 5 N–H and O–H groups in total. The lowest BCUT2D eigenvalue weighted by molar-refractivity contribution is 0.121. The Bertz CT molecular complexity index is 571. The second-order valence-electron chi connectivity index (χ2n) is 3.93. The normalized spacial score (nSPS) is 11.1. The summed E-state index contributed by atoms with van der Waals surface area (Å²) in [6.07, 6.45) is -1.55. The van der Waals surface area contributed by atoms with Gasteiger partial charge in [-0.15, -0.1) is 0 Å². The zero-order valence-corrected chi connectivity index (χ0v) is 11.2. The van der Waals surface area contributed by atoms with Gasteiger partial charge in [-0.3, -0.25) is 4.72 Å². The smallest absolute Gasteiger partial charge is 0.422 e. The molecule has 1 aromatic carbocycles. The Morgan fingerprint density at radius 1 is 1.42 bits per heavy atom. The first-order chi connectivity index (χ1) is 8.69. The highest BCUT2D eigenvalue weighted by Gasteiger charge is 2.17. The summed E-state index contributed by atoms with van der Waals surface area (Å²) in [6, 6.07) is 3.68. The van der Waals surface area contributed by atoms with Gasteiger partial charge in [0.1, 0.15) is 5.75 Å². The van der Waals surface area contributed by atoms with E-state index in [9.17, 15) is 13.2 Å². The van der Waals surface area contributed by atoms with E-state index in [0.29, 0.717) is 0 Å². The van der Waals surface area contributed by atoms with Gasteiger partial charge in [0.25, 0.3) is 0 Å². The van der Waals surface area contributed by atoms with Crippen molar-refractivity contribution in [3.8, 4) is 5.75 Å². The van der Waals surface area contributed by atoms with Crippen LogP contribution < -0.4 is 15.2 Å². The second-order valence-corrected chi connectivity index (χ2v) is 5.35. The highest BCUT2D eigenvalue weighted by Crippen LogP contribution is 2.23. The number of phenols is 1. The molecule has 1 rings (SSSR count). The van der Waals surface area contributed by atoms with E-state index >= 15 is 0 Å². The van der Waals surface area contributed by atoms with Gasteiger partial charge in [0.05, 0.1) is 17.5 Å². The van der Waals surface area contributed by atoms with Crippen LogP contribution in [0.3, 0.4) is 0 Å². The third-order valence-electron chi connectivity index (χ3n) is 1.84. The topological polar surface area (TPSA) is 131 Å². The Morgan fingerprint density at radius 2 is 2.05 bits per heavy atom. The van der Waals surface area contributed by atoms with Gasteiger partial charge in [0.2, 0.25) is 0 Å². The van der Waals surface area contributed by atoms with Crippen molar-refractivity contribution in [1.82, 2.24) is 4.72 Å². The highest BCUT2D eigenvalue weighted by molar-refractivity contribution is 7.91. The molecule has 0 aromatic heterocycles. The average Bonchev–Trinajstić information content (AvgIpc) is 2.19. The molecule has 0 unspecified atom stereocenters. The van der Waals surface area contributed by atoms with Gasteiger partial charge in [-0.25, -0.2) is 9.52 Å². The number of aromatic hydroxyl groups is 1. The number of hydrogen-bond donors (Lipinski definition) is 4. The van der Waals surface area contributed by atoms with Crippen LogP contribution in [0.2, 0.25) is 0 Å². The number of benzene rings is 1. The second kappa shape index (κ2) is 5.65. The molecule has 0 saturated heterocycles. The Morgan fingerprint density at radius 3 is 2.58 bits per heavy atom. The molecular formula is C10H15N3O5S. The molecule has 0 bridgehead atoms. The number of nitrogen functional groups attached to an aromatic ring is 1. The molecule has 0 aliphatic carbocycles. The fraction of sp³-hybridized carbons (Fsp3) is 0.300. The number of carbonyl (C=O) groups is 1. The van der Waals surface area contributed by atoms with Crippen LogP contribution in [0.15, 0.2) is 18.2 Å². The van der Waals surface area contributed by atoms with Crippen LogP contribution >= 0.6 is 0 Å². The molecule has 106 valence electrons. The summed E-state index contributed by atoms with van der Waals surface area (Å²) in [7, 11) is -4.15. The van der Waals surface area contributed by atoms with Gasteiger partial charge in [-0.1, -0.05) is 0 Å². The largest absolute Gasteiger partial charge is 0.508 e. The molecule has 8 nitrogen and oxygen atoms in total. The number of carbonyl (C=O) groups excluding carboxylic acids is 1. The first kappa shape index (κ1) is 14.9. The molecule has 0 fully saturated rings. The third kappa shape index (κ3) is 4.92. The molecule has 19 heavy (non-hydrogen) atoms. The molecule has 0 heterocycles. The molecule has 0 spiro atoms. The average molecular weight is 289 g/mol. The zero-order chi connectivity index (χ0) is 14.6. The van der Waals surface area contributed by atoms with Crippen LogP contribution in [0.25, 0.3) is 0 Å². The van der Waals surface area contributed by atoms with Crippen LogP contribution in [0.1, 0.15) is 13.8 Å². The standard InChI is InChI=1S/C10H15N3O5S/c1-6(2)18-10(15)13-19(16,17)12-9-4-3-7(14)5-8(9)11/h3-6,12,14H,11H2,1-2H3,(H,13,15). The lowest BCUT2D eigenvalue weighted by atomic mass is 10.2. The summed E-state index contributed by atoms with van der Waals surface area (Å²) in [5.41, 5.74) is 5.56. The number of phenolic OH excluding ortho intramolecular Hbond substituents is 1. The van der Waals surface area contributed by atoms with E-state index in [0.717, 1.165) is 0 Å². The van der Waals surface area contributed by atoms with Crippen LogP contribution in [0, 0.1) is 0 Å². The van der Waals surface area contributed by atoms with Gasteiger partial charge in [0, 0.05) is 6.07 Å². The highest BCUT2D eigenvalue weighted by atomic mass is 32.2. The number of nitrogens with one attached hydrogen (secondary N) is 2. The lowest BCUT2D eigenvalue weighted by Gasteiger charge is -2.12. The maximum Gasteiger partial charge on any atom is 0.422 e. The quantitative estimate of drug-likeness (QED) is 0.478. The lowest BCUT2D eigenvalue weighted by Crippen LogP contribution is -2.36. The molecule has 0 aliphatic heterocycles. The van der Waals surface area contributed by atoms with E-state index in [1.54, 1.807) is 18.6 Å². The van der Waals surface area contributed by atoms with E-state index in [2.05, 4.69) is 4.74 Å².